The summed E-state index contributed by atoms with van der Waals surface area (Å²) in [6.07, 6.45) is 2.03. The predicted octanol–water partition coefficient (Wildman–Crippen LogP) is 3.40. The van der Waals surface area contributed by atoms with Gasteiger partial charge in [-0.1, -0.05) is 35.9 Å². The molecule has 20 heavy (non-hydrogen) atoms. The molecule has 0 aliphatic rings. The summed E-state index contributed by atoms with van der Waals surface area (Å²) in [6.45, 7) is 0. The van der Waals surface area contributed by atoms with Gasteiger partial charge in [-0.05, 0) is 23.8 Å². The van der Waals surface area contributed by atoms with E-state index in [9.17, 15) is 4.79 Å². The first-order valence-corrected chi connectivity index (χ1v) is 6.56. The molecule has 1 heterocycles. The number of amides is 1. The zero-order chi connectivity index (χ0) is 13.9. The van der Waals surface area contributed by atoms with Crippen molar-refractivity contribution in [1.82, 2.24) is 10.2 Å². The van der Waals surface area contributed by atoms with Crippen molar-refractivity contribution in [2.75, 3.05) is 5.32 Å². The summed E-state index contributed by atoms with van der Waals surface area (Å²) in [5, 5.41) is 11.4. The first-order chi connectivity index (χ1) is 9.72. The number of hydrogen-bond acceptors (Lipinski definition) is 2. The van der Waals surface area contributed by atoms with Crippen LogP contribution in [0.15, 0.2) is 48.7 Å². The highest BCUT2D eigenvalue weighted by Gasteiger charge is 2.07. The number of benzene rings is 2. The summed E-state index contributed by atoms with van der Waals surface area (Å²) >= 11 is 5.82. The number of nitrogens with zero attached hydrogens (tertiary/aromatic N) is 1. The van der Waals surface area contributed by atoms with Crippen molar-refractivity contribution in [3.63, 3.8) is 0 Å². The summed E-state index contributed by atoms with van der Waals surface area (Å²) in [5.41, 5.74) is 2.49. The molecule has 1 amide bonds. The maximum Gasteiger partial charge on any atom is 0.228 e. The largest absolute Gasteiger partial charge is 0.324 e. The molecular formula is C15H12ClN3O. The number of hydrogen-bond donors (Lipinski definition) is 2. The summed E-state index contributed by atoms with van der Waals surface area (Å²) in [7, 11) is 0. The Morgan fingerprint density at radius 2 is 2.00 bits per heavy atom. The molecule has 5 heteroatoms. The third-order valence-electron chi connectivity index (χ3n) is 3.03. The Hall–Kier alpha value is -2.33. The van der Waals surface area contributed by atoms with Crippen molar-refractivity contribution < 1.29 is 4.79 Å². The van der Waals surface area contributed by atoms with Gasteiger partial charge in [-0.2, -0.15) is 5.10 Å². The quantitative estimate of drug-likeness (QED) is 0.775. The van der Waals surface area contributed by atoms with Crippen LogP contribution in [-0.4, -0.2) is 16.1 Å². The van der Waals surface area contributed by atoms with Crippen LogP contribution in [0, 0.1) is 0 Å². The fraction of sp³-hybridized carbons (Fsp3) is 0.0667. The first-order valence-electron chi connectivity index (χ1n) is 6.19. The number of anilines is 1. The van der Waals surface area contributed by atoms with Gasteiger partial charge in [-0.25, -0.2) is 0 Å². The molecule has 0 aliphatic heterocycles. The fourth-order valence-corrected chi connectivity index (χ4v) is 2.18. The Morgan fingerprint density at radius 1 is 1.20 bits per heavy atom. The lowest BCUT2D eigenvalue weighted by Gasteiger charge is -2.06. The molecule has 3 aromatic rings. The second-order valence-corrected chi connectivity index (χ2v) is 4.93. The summed E-state index contributed by atoms with van der Waals surface area (Å²) in [4.78, 5) is 12.1. The van der Waals surface area contributed by atoms with Gasteiger partial charge in [0.2, 0.25) is 5.91 Å². The molecule has 2 N–H and O–H groups in total. The van der Waals surface area contributed by atoms with Crippen LogP contribution >= 0.6 is 11.6 Å². The Kier molecular flexibility index (Phi) is 3.39. The van der Waals surface area contributed by atoms with Crippen molar-refractivity contribution in [1.29, 1.82) is 0 Å². The smallest absolute Gasteiger partial charge is 0.228 e. The van der Waals surface area contributed by atoms with E-state index in [0.717, 1.165) is 22.2 Å². The topological polar surface area (TPSA) is 57.8 Å². The van der Waals surface area contributed by atoms with Crippen molar-refractivity contribution >= 4 is 34.1 Å². The minimum Gasteiger partial charge on any atom is -0.324 e. The minimum atomic E-state index is -0.0746. The number of aromatic nitrogens is 2. The molecule has 0 aliphatic carbocycles. The van der Waals surface area contributed by atoms with Gasteiger partial charge in [0.25, 0.3) is 0 Å². The molecule has 3 rings (SSSR count). The van der Waals surface area contributed by atoms with Crippen molar-refractivity contribution in [3.8, 4) is 0 Å². The van der Waals surface area contributed by atoms with Crippen LogP contribution < -0.4 is 5.32 Å². The van der Waals surface area contributed by atoms with Gasteiger partial charge in [-0.3, -0.25) is 9.89 Å². The number of nitrogens with one attached hydrogen (secondary N) is 2. The lowest BCUT2D eigenvalue weighted by Crippen LogP contribution is -2.14. The van der Waals surface area contributed by atoms with E-state index in [0.29, 0.717) is 11.4 Å². The average Bonchev–Trinajstić information content (AvgIpc) is 2.91. The SMILES string of the molecule is O=C(Cc1ccc(Cl)cc1)Nc1cccc2cn[nH]c12. The maximum absolute atomic E-state index is 12.1. The molecule has 0 atom stereocenters. The lowest BCUT2D eigenvalue weighted by molar-refractivity contribution is -0.115. The second kappa shape index (κ2) is 5.35. The molecule has 1 aromatic heterocycles. The third kappa shape index (κ3) is 2.65. The average molecular weight is 286 g/mol. The number of para-hydroxylation sites is 1. The Labute approximate surface area is 120 Å². The summed E-state index contributed by atoms with van der Waals surface area (Å²) in [6, 6.07) is 12.9. The third-order valence-corrected chi connectivity index (χ3v) is 3.28. The van der Waals surface area contributed by atoms with Crippen molar-refractivity contribution in [2.24, 2.45) is 0 Å². The highest BCUT2D eigenvalue weighted by atomic mass is 35.5. The van der Waals surface area contributed by atoms with Crippen LogP contribution in [-0.2, 0) is 11.2 Å². The molecule has 0 unspecified atom stereocenters. The van der Waals surface area contributed by atoms with Crippen LogP contribution in [0.25, 0.3) is 10.9 Å². The van der Waals surface area contributed by atoms with Gasteiger partial charge in [0.15, 0.2) is 0 Å². The Morgan fingerprint density at radius 3 is 2.80 bits per heavy atom. The molecule has 0 saturated carbocycles. The van der Waals surface area contributed by atoms with Crippen molar-refractivity contribution in [2.45, 2.75) is 6.42 Å². The number of H-pyrrole nitrogens is 1. The van der Waals surface area contributed by atoms with E-state index < -0.39 is 0 Å². The highest BCUT2D eigenvalue weighted by Crippen LogP contribution is 2.20. The monoisotopic (exact) mass is 285 g/mol. The first kappa shape index (κ1) is 12.7. The molecule has 0 bridgehead atoms. The maximum atomic E-state index is 12.1. The minimum absolute atomic E-state index is 0.0746. The van der Waals surface area contributed by atoms with Crippen LogP contribution in [0.3, 0.4) is 0 Å². The van der Waals surface area contributed by atoms with Gasteiger partial charge in [-0.15, -0.1) is 0 Å². The molecule has 0 fully saturated rings. The second-order valence-electron chi connectivity index (χ2n) is 4.49. The molecule has 0 saturated heterocycles. The molecule has 100 valence electrons. The Bertz CT molecular complexity index is 749. The van der Waals surface area contributed by atoms with Gasteiger partial charge in [0, 0.05) is 10.4 Å². The van der Waals surface area contributed by atoms with Gasteiger partial charge in [0.05, 0.1) is 23.8 Å². The highest BCUT2D eigenvalue weighted by molar-refractivity contribution is 6.30. The van der Waals surface area contributed by atoms with Gasteiger partial charge >= 0.3 is 0 Å². The molecule has 4 nitrogen and oxygen atoms in total. The molecule has 0 spiro atoms. The lowest BCUT2D eigenvalue weighted by atomic mass is 10.1. The standard InChI is InChI=1S/C15H12ClN3O/c16-12-6-4-10(5-7-12)8-14(20)18-13-3-1-2-11-9-17-19-15(11)13/h1-7,9H,8H2,(H,17,19)(H,18,20). The van der Waals surface area contributed by atoms with E-state index >= 15 is 0 Å². The Balaban J connectivity index is 1.76. The number of fused-ring (bicyclic) bond motifs is 1. The number of carbonyl (C=O) groups excluding carboxylic acids is 1. The van der Waals surface area contributed by atoms with Crippen LogP contribution in [0.4, 0.5) is 5.69 Å². The van der Waals surface area contributed by atoms with Crippen LogP contribution in [0.2, 0.25) is 5.02 Å². The predicted molar refractivity (Wildman–Crippen MR) is 79.9 cm³/mol. The number of rotatable bonds is 3. The molecule has 2 aromatic carbocycles. The summed E-state index contributed by atoms with van der Waals surface area (Å²) < 4.78 is 0. The van der Waals surface area contributed by atoms with E-state index in [-0.39, 0.29) is 5.91 Å². The van der Waals surface area contributed by atoms with E-state index in [1.807, 2.05) is 30.3 Å². The van der Waals surface area contributed by atoms with E-state index in [2.05, 4.69) is 15.5 Å². The van der Waals surface area contributed by atoms with E-state index in [1.165, 1.54) is 0 Å². The zero-order valence-corrected chi connectivity index (χ0v) is 11.3. The fourth-order valence-electron chi connectivity index (χ4n) is 2.06. The van der Waals surface area contributed by atoms with E-state index in [4.69, 9.17) is 11.6 Å². The summed E-state index contributed by atoms with van der Waals surface area (Å²) in [5.74, 6) is -0.0746. The van der Waals surface area contributed by atoms with Crippen LogP contribution in [0.5, 0.6) is 0 Å². The van der Waals surface area contributed by atoms with Gasteiger partial charge < -0.3 is 5.32 Å². The number of halogens is 1. The molecule has 0 radical (unpaired) electrons. The zero-order valence-electron chi connectivity index (χ0n) is 10.6. The normalized spacial score (nSPS) is 10.7. The number of aromatic amines is 1. The number of carbonyl (C=O) groups is 1. The van der Waals surface area contributed by atoms with E-state index in [1.54, 1.807) is 18.3 Å². The van der Waals surface area contributed by atoms with Crippen LogP contribution in [0.1, 0.15) is 5.56 Å². The molecular weight excluding hydrogens is 274 g/mol. The van der Waals surface area contributed by atoms with Crippen molar-refractivity contribution in [3.05, 3.63) is 59.2 Å². The van der Waals surface area contributed by atoms with Gasteiger partial charge in [0.1, 0.15) is 0 Å².